The molecule has 0 aromatic carbocycles. The molecule has 1 aliphatic carbocycles. The lowest BCUT2D eigenvalue weighted by Crippen LogP contribution is -2.45. The summed E-state index contributed by atoms with van der Waals surface area (Å²) in [5.41, 5.74) is 0. The van der Waals surface area contributed by atoms with Crippen LogP contribution in [-0.4, -0.2) is 39.3 Å². The van der Waals surface area contributed by atoms with Crippen molar-refractivity contribution in [2.45, 2.75) is 38.6 Å². The van der Waals surface area contributed by atoms with Crippen LogP contribution in [0.1, 0.15) is 32.6 Å². The Morgan fingerprint density at radius 3 is 2.47 bits per heavy atom. The number of halogens is 1. The highest BCUT2D eigenvalue weighted by Crippen LogP contribution is 2.23. The summed E-state index contributed by atoms with van der Waals surface area (Å²) in [6, 6.07) is 0.588. The van der Waals surface area contributed by atoms with Crippen molar-refractivity contribution in [3.63, 3.8) is 0 Å². The number of ether oxygens (including phenoxy) is 1. The Labute approximate surface area is 122 Å². The Morgan fingerprint density at radius 1 is 1.29 bits per heavy atom. The third-order valence-electron chi connectivity index (χ3n) is 3.18. The van der Waals surface area contributed by atoms with E-state index in [0.29, 0.717) is 12.6 Å². The summed E-state index contributed by atoms with van der Waals surface area (Å²) in [6.07, 6.45) is 5.16. The molecule has 0 atom stereocenters. The zero-order chi connectivity index (χ0) is 11.8. The van der Waals surface area contributed by atoms with Gasteiger partial charge in [-0.25, -0.2) is 0 Å². The number of rotatable bonds is 4. The highest BCUT2D eigenvalue weighted by atomic mass is 127. The van der Waals surface area contributed by atoms with Gasteiger partial charge in [-0.3, -0.25) is 4.99 Å². The minimum absolute atomic E-state index is 0. The minimum Gasteiger partial charge on any atom is -0.383 e. The van der Waals surface area contributed by atoms with Crippen LogP contribution in [0.3, 0.4) is 0 Å². The van der Waals surface area contributed by atoms with E-state index in [1.807, 2.05) is 7.05 Å². The van der Waals surface area contributed by atoms with Crippen LogP contribution >= 0.6 is 24.0 Å². The number of guanidine groups is 1. The second kappa shape index (κ2) is 9.94. The lowest BCUT2D eigenvalue weighted by atomic mass is 9.87. The second-order valence-corrected chi connectivity index (χ2v) is 4.59. The summed E-state index contributed by atoms with van der Waals surface area (Å²) in [6.45, 7) is 3.85. The van der Waals surface area contributed by atoms with Crippen LogP contribution in [0.25, 0.3) is 0 Å². The van der Waals surface area contributed by atoms with E-state index >= 15 is 0 Å². The summed E-state index contributed by atoms with van der Waals surface area (Å²) >= 11 is 0. The van der Waals surface area contributed by atoms with Crippen molar-refractivity contribution in [3.05, 3.63) is 0 Å². The highest BCUT2D eigenvalue weighted by Gasteiger charge is 2.18. The molecular formula is C12H26IN3O. The van der Waals surface area contributed by atoms with E-state index in [0.717, 1.165) is 18.4 Å². The molecule has 1 aliphatic rings. The first-order chi connectivity index (χ1) is 7.76. The number of hydrogen-bond acceptors (Lipinski definition) is 2. The van der Waals surface area contributed by atoms with Gasteiger partial charge in [-0.15, -0.1) is 24.0 Å². The molecule has 0 aromatic heterocycles. The van der Waals surface area contributed by atoms with Crippen LogP contribution in [0.5, 0.6) is 0 Å². The van der Waals surface area contributed by atoms with Gasteiger partial charge in [0.25, 0.3) is 0 Å². The van der Waals surface area contributed by atoms with Gasteiger partial charge in [-0.2, -0.15) is 0 Å². The lowest BCUT2D eigenvalue weighted by Gasteiger charge is -2.28. The maximum Gasteiger partial charge on any atom is 0.191 e. The van der Waals surface area contributed by atoms with E-state index in [1.165, 1.54) is 25.7 Å². The van der Waals surface area contributed by atoms with Crippen LogP contribution in [-0.2, 0) is 4.74 Å². The molecule has 0 saturated heterocycles. The van der Waals surface area contributed by atoms with E-state index in [9.17, 15) is 0 Å². The monoisotopic (exact) mass is 355 g/mol. The maximum absolute atomic E-state index is 5.00. The van der Waals surface area contributed by atoms with Gasteiger partial charge in [-0.1, -0.05) is 6.92 Å². The van der Waals surface area contributed by atoms with Gasteiger partial charge < -0.3 is 15.4 Å². The Bertz CT molecular complexity index is 216. The molecular weight excluding hydrogens is 329 g/mol. The van der Waals surface area contributed by atoms with E-state index in [2.05, 4.69) is 22.5 Å². The fourth-order valence-corrected chi connectivity index (χ4v) is 2.06. The quantitative estimate of drug-likeness (QED) is 0.351. The zero-order valence-corrected chi connectivity index (χ0v) is 13.5. The van der Waals surface area contributed by atoms with Gasteiger partial charge in [0.1, 0.15) is 0 Å². The van der Waals surface area contributed by atoms with Crippen LogP contribution < -0.4 is 10.6 Å². The Morgan fingerprint density at radius 2 is 1.94 bits per heavy atom. The minimum atomic E-state index is 0. The van der Waals surface area contributed by atoms with Gasteiger partial charge in [0, 0.05) is 26.7 Å². The third-order valence-corrected chi connectivity index (χ3v) is 3.18. The molecule has 1 fully saturated rings. The molecule has 102 valence electrons. The molecule has 17 heavy (non-hydrogen) atoms. The lowest BCUT2D eigenvalue weighted by molar-refractivity contribution is 0.203. The number of methoxy groups -OCH3 is 1. The predicted octanol–water partition coefficient (Wildman–Crippen LogP) is 1.99. The van der Waals surface area contributed by atoms with Gasteiger partial charge >= 0.3 is 0 Å². The van der Waals surface area contributed by atoms with Crippen molar-refractivity contribution in [2.24, 2.45) is 10.9 Å². The Balaban J connectivity index is 0.00000256. The standard InChI is InChI=1S/C12H25N3O.HI/c1-10-4-6-11(7-5-10)15-12(13-2)14-8-9-16-3;/h10-11H,4-9H2,1-3H3,(H2,13,14,15);1H. The topological polar surface area (TPSA) is 45.7 Å². The average Bonchev–Trinajstić information content (AvgIpc) is 2.31. The normalized spacial score (nSPS) is 25.0. The first kappa shape index (κ1) is 17.0. The molecule has 1 saturated carbocycles. The maximum atomic E-state index is 5.00. The SMILES string of the molecule is CN=C(NCCOC)NC1CCC(C)CC1.I. The Hall–Kier alpha value is -0.0400. The second-order valence-electron chi connectivity index (χ2n) is 4.59. The van der Waals surface area contributed by atoms with Crippen LogP contribution in [0.2, 0.25) is 0 Å². The first-order valence-electron chi connectivity index (χ1n) is 6.22. The first-order valence-corrected chi connectivity index (χ1v) is 6.22. The average molecular weight is 355 g/mol. The van der Waals surface area contributed by atoms with Gasteiger partial charge in [0.05, 0.1) is 6.61 Å². The fourth-order valence-electron chi connectivity index (χ4n) is 2.06. The molecule has 0 spiro atoms. The van der Waals surface area contributed by atoms with E-state index in [4.69, 9.17) is 4.74 Å². The summed E-state index contributed by atoms with van der Waals surface area (Å²) in [4.78, 5) is 4.21. The third kappa shape index (κ3) is 7.08. The fraction of sp³-hybridized carbons (Fsp3) is 0.917. The molecule has 4 nitrogen and oxygen atoms in total. The Kier molecular flexibility index (Phi) is 9.91. The smallest absolute Gasteiger partial charge is 0.191 e. The largest absolute Gasteiger partial charge is 0.383 e. The molecule has 1 rings (SSSR count). The van der Waals surface area contributed by atoms with Crippen molar-refractivity contribution in [2.75, 3.05) is 27.3 Å². The molecule has 0 radical (unpaired) electrons. The van der Waals surface area contributed by atoms with Gasteiger partial charge in [0.15, 0.2) is 5.96 Å². The van der Waals surface area contributed by atoms with Gasteiger partial charge in [-0.05, 0) is 31.6 Å². The summed E-state index contributed by atoms with van der Waals surface area (Å²) < 4.78 is 5.00. The summed E-state index contributed by atoms with van der Waals surface area (Å²) in [5.74, 6) is 1.79. The predicted molar refractivity (Wildman–Crippen MR) is 83.2 cm³/mol. The van der Waals surface area contributed by atoms with E-state index in [1.54, 1.807) is 7.11 Å². The van der Waals surface area contributed by atoms with Crippen molar-refractivity contribution in [3.8, 4) is 0 Å². The van der Waals surface area contributed by atoms with Crippen molar-refractivity contribution >= 4 is 29.9 Å². The number of hydrogen-bond donors (Lipinski definition) is 2. The number of nitrogens with one attached hydrogen (secondary N) is 2. The van der Waals surface area contributed by atoms with Crippen LogP contribution in [0.4, 0.5) is 0 Å². The molecule has 0 aromatic rings. The molecule has 0 unspecified atom stereocenters. The molecule has 0 aliphatic heterocycles. The zero-order valence-electron chi connectivity index (χ0n) is 11.2. The van der Waals surface area contributed by atoms with Crippen molar-refractivity contribution in [1.82, 2.24) is 10.6 Å². The molecule has 0 heterocycles. The van der Waals surface area contributed by atoms with Crippen molar-refractivity contribution in [1.29, 1.82) is 0 Å². The molecule has 0 bridgehead atoms. The van der Waals surface area contributed by atoms with E-state index < -0.39 is 0 Å². The van der Waals surface area contributed by atoms with Crippen LogP contribution in [0, 0.1) is 5.92 Å². The summed E-state index contributed by atoms with van der Waals surface area (Å²) in [7, 11) is 3.52. The molecule has 2 N–H and O–H groups in total. The van der Waals surface area contributed by atoms with Gasteiger partial charge in [0.2, 0.25) is 0 Å². The molecule has 0 amide bonds. The summed E-state index contributed by atoms with van der Waals surface area (Å²) in [5, 5.41) is 6.71. The molecule has 5 heteroatoms. The number of nitrogens with zero attached hydrogens (tertiary/aromatic N) is 1. The van der Waals surface area contributed by atoms with Crippen molar-refractivity contribution < 1.29 is 4.74 Å². The van der Waals surface area contributed by atoms with E-state index in [-0.39, 0.29) is 24.0 Å². The van der Waals surface area contributed by atoms with Crippen LogP contribution in [0.15, 0.2) is 4.99 Å². The number of aliphatic imine (C=N–C) groups is 1. The highest BCUT2D eigenvalue weighted by molar-refractivity contribution is 14.0.